The number of carbonyl (C=O) groups excluding carboxylic acids is 3. The summed E-state index contributed by atoms with van der Waals surface area (Å²) in [5.74, 6) is -1.30. The van der Waals surface area contributed by atoms with E-state index in [0.29, 0.717) is 12.2 Å². The van der Waals surface area contributed by atoms with E-state index in [4.69, 9.17) is 0 Å². The van der Waals surface area contributed by atoms with E-state index < -0.39 is 17.8 Å². The van der Waals surface area contributed by atoms with Crippen molar-refractivity contribution in [2.75, 3.05) is 4.90 Å². The number of rotatable bonds is 3. The molecule has 1 saturated heterocycles. The number of barbiturate groups is 1. The van der Waals surface area contributed by atoms with E-state index in [1.54, 1.807) is 12.1 Å². The van der Waals surface area contributed by atoms with Crippen molar-refractivity contribution in [2.24, 2.45) is 0 Å². The third-order valence-corrected chi connectivity index (χ3v) is 4.06. The van der Waals surface area contributed by atoms with Crippen LogP contribution in [-0.2, 0) is 16.1 Å². The number of hydrogen-bond acceptors (Lipinski definition) is 3. The van der Waals surface area contributed by atoms with Crippen LogP contribution in [0.1, 0.15) is 23.7 Å². The average molecular weight is 337 g/mol. The molecule has 0 saturated carbocycles. The summed E-state index contributed by atoms with van der Waals surface area (Å²) in [5.41, 5.74) is 2.97. The van der Waals surface area contributed by atoms with Crippen molar-refractivity contribution >= 4 is 29.6 Å². The Kier molecular flexibility index (Phi) is 4.27. The quantitative estimate of drug-likeness (QED) is 0.691. The Morgan fingerprint density at radius 3 is 2.40 bits per heavy atom. The van der Waals surface area contributed by atoms with Crippen LogP contribution >= 0.6 is 0 Å². The van der Waals surface area contributed by atoms with Crippen LogP contribution in [0, 0.1) is 13.8 Å². The van der Waals surface area contributed by atoms with Gasteiger partial charge < -0.3 is 4.57 Å². The monoisotopic (exact) mass is 337 g/mol. The molecule has 0 bridgehead atoms. The molecule has 2 aromatic rings. The number of urea groups is 1. The highest BCUT2D eigenvalue weighted by Gasteiger charge is 2.37. The number of nitrogens with zero attached hydrogens (tertiary/aromatic N) is 2. The Morgan fingerprint density at radius 1 is 1.08 bits per heavy atom. The number of imide groups is 2. The molecule has 2 heterocycles. The van der Waals surface area contributed by atoms with Gasteiger partial charge in [-0.1, -0.05) is 6.07 Å². The average Bonchev–Trinajstić information content (AvgIpc) is 2.97. The summed E-state index contributed by atoms with van der Waals surface area (Å²) >= 11 is 0. The van der Waals surface area contributed by atoms with E-state index in [0.717, 1.165) is 21.7 Å². The molecule has 1 aliphatic rings. The number of aryl methyl sites for hydroxylation is 3. The molecule has 4 amide bonds. The van der Waals surface area contributed by atoms with Gasteiger partial charge in [0.25, 0.3) is 11.8 Å². The lowest BCUT2D eigenvalue weighted by atomic mass is 10.1. The standard InChI is InChI=1S/C19H19N3O3/c1-4-21-7-5-6-14(21)11-16-17(23)20-19(25)22(18(16)24)15-9-12(2)8-13(3)10-15/h5-11H,4H2,1-3H3,(H,20,23,25)/b16-11+. The summed E-state index contributed by atoms with van der Waals surface area (Å²) < 4.78 is 1.91. The third-order valence-electron chi connectivity index (χ3n) is 4.06. The SMILES string of the molecule is CCn1cccc1/C=C1\C(=O)NC(=O)N(c2cc(C)cc(C)c2)C1=O. The number of aromatic nitrogens is 1. The second-order valence-electron chi connectivity index (χ2n) is 6.02. The minimum absolute atomic E-state index is 0.0628. The van der Waals surface area contributed by atoms with E-state index in [-0.39, 0.29) is 5.57 Å². The van der Waals surface area contributed by atoms with E-state index in [1.165, 1.54) is 6.08 Å². The molecular formula is C19H19N3O3. The van der Waals surface area contributed by atoms with Crippen LogP contribution in [0.4, 0.5) is 10.5 Å². The highest BCUT2D eigenvalue weighted by atomic mass is 16.2. The lowest BCUT2D eigenvalue weighted by molar-refractivity contribution is -0.122. The van der Waals surface area contributed by atoms with E-state index in [1.807, 2.05) is 49.7 Å². The predicted octanol–water partition coefficient (Wildman–Crippen LogP) is 2.79. The first-order chi connectivity index (χ1) is 11.9. The Labute approximate surface area is 145 Å². The molecule has 0 unspecified atom stereocenters. The number of anilines is 1. The van der Waals surface area contributed by atoms with Crippen LogP contribution < -0.4 is 10.2 Å². The first kappa shape index (κ1) is 16.7. The molecule has 128 valence electrons. The van der Waals surface area contributed by atoms with Gasteiger partial charge in [-0.2, -0.15) is 0 Å². The van der Waals surface area contributed by atoms with Crippen molar-refractivity contribution in [3.05, 3.63) is 58.9 Å². The van der Waals surface area contributed by atoms with Crippen LogP contribution in [-0.4, -0.2) is 22.4 Å². The van der Waals surface area contributed by atoms with Crippen molar-refractivity contribution < 1.29 is 14.4 Å². The number of carbonyl (C=O) groups is 3. The molecule has 0 atom stereocenters. The van der Waals surface area contributed by atoms with Crippen LogP contribution in [0.3, 0.4) is 0 Å². The Hall–Kier alpha value is -3.15. The summed E-state index contributed by atoms with van der Waals surface area (Å²) in [5, 5.41) is 2.25. The maximum Gasteiger partial charge on any atom is 0.335 e. The first-order valence-electron chi connectivity index (χ1n) is 8.05. The molecule has 1 aliphatic heterocycles. The number of hydrogen-bond donors (Lipinski definition) is 1. The number of nitrogens with one attached hydrogen (secondary N) is 1. The summed E-state index contributed by atoms with van der Waals surface area (Å²) in [6.45, 7) is 6.45. The minimum atomic E-state index is -0.733. The van der Waals surface area contributed by atoms with Crippen molar-refractivity contribution in [1.29, 1.82) is 0 Å². The van der Waals surface area contributed by atoms with Crippen molar-refractivity contribution in [1.82, 2.24) is 9.88 Å². The van der Waals surface area contributed by atoms with Gasteiger partial charge in [0, 0.05) is 18.4 Å². The normalized spacial score (nSPS) is 16.5. The second-order valence-corrected chi connectivity index (χ2v) is 6.02. The fourth-order valence-electron chi connectivity index (χ4n) is 2.97. The predicted molar refractivity (Wildman–Crippen MR) is 95.0 cm³/mol. The summed E-state index contributed by atoms with van der Waals surface area (Å²) in [6, 6.07) is 8.36. The summed E-state index contributed by atoms with van der Waals surface area (Å²) in [7, 11) is 0. The molecule has 1 fully saturated rings. The fourth-order valence-corrected chi connectivity index (χ4v) is 2.97. The molecule has 1 N–H and O–H groups in total. The molecule has 0 spiro atoms. The second kappa shape index (κ2) is 6.39. The van der Waals surface area contributed by atoms with Gasteiger partial charge in [0.1, 0.15) is 5.57 Å². The first-order valence-corrected chi connectivity index (χ1v) is 8.05. The van der Waals surface area contributed by atoms with Crippen LogP contribution in [0.25, 0.3) is 6.08 Å². The minimum Gasteiger partial charge on any atom is -0.348 e. The topological polar surface area (TPSA) is 71.4 Å². The molecule has 3 rings (SSSR count). The van der Waals surface area contributed by atoms with Gasteiger partial charge in [0.15, 0.2) is 0 Å². The Balaban J connectivity index is 2.05. The number of benzene rings is 1. The van der Waals surface area contributed by atoms with Crippen LogP contribution in [0.15, 0.2) is 42.1 Å². The molecule has 6 nitrogen and oxygen atoms in total. The van der Waals surface area contributed by atoms with Crippen molar-refractivity contribution in [3.8, 4) is 0 Å². The van der Waals surface area contributed by atoms with Crippen molar-refractivity contribution in [2.45, 2.75) is 27.3 Å². The number of amides is 4. The van der Waals surface area contributed by atoms with Gasteiger partial charge in [0.05, 0.1) is 5.69 Å². The van der Waals surface area contributed by atoms with Gasteiger partial charge in [-0.3, -0.25) is 14.9 Å². The smallest absolute Gasteiger partial charge is 0.335 e. The van der Waals surface area contributed by atoms with Gasteiger partial charge in [0.2, 0.25) is 0 Å². The van der Waals surface area contributed by atoms with Crippen molar-refractivity contribution in [3.63, 3.8) is 0 Å². The van der Waals surface area contributed by atoms with Gasteiger partial charge in [-0.15, -0.1) is 0 Å². The highest BCUT2D eigenvalue weighted by molar-refractivity contribution is 6.39. The van der Waals surface area contributed by atoms with Gasteiger partial charge in [-0.05, 0) is 62.2 Å². The highest BCUT2D eigenvalue weighted by Crippen LogP contribution is 2.24. The molecule has 25 heavy (non-hydrogen) atoms. The Bertz CT molecular complexity index is 888. The molecular weight excluding hydrogens is 318 g/mol. The molecule has 6 heteroatoms. The van der Waals surface area contributed by atoms with Gasteiger partial charge >= 0.3 is 6.03 Å². The summed E-state index contributed by atoms with van der Waals surface area (Å²) in [4.78, 5) is 38.3. The van der Waals surface area contributed by atoms with Crippen LogP contribution in [0.2, 0.25) is 0 Å². The largest absolute Gasteiger partial charge is 0.348 e. The van der Waals surface area contributed by atoms with Crippen LogP contribution in [0.5, 0.6) is 0 Å². The molecule has 1 aromatic carbocycles. The van der Waals surface area contributed by atoms with E-state index in [9.17, 15) is 14.4 Å². The lowest BCUT2D eigenvalue weighted by Crippen LogP contribution is -2.54. The fraction of sp³-hybridized carbons (Fsp3) is 0.211. The maximum atomic E-state index is 12.9. The molecule has 1 aromatic heterocycles. The molecule has 0 radical (unpaired) electrons. The van der Waals surface area contributed by atoms with E-state index >= 15 is 0 Å². The Morgan fingerprint density at radius 2 is 1.76 bits per heavy atom. The van der Waals surface area contributed by atoms with E-state index in [2.05, 4.69) is 5.32 Å². The lowest BCUT2D eigenvalue weighted by Gasteiger charge is -2.27. The zero-order valence-corrected chi connectivity index (χ0v) is 14.4. The summed E-state index contributed by atoms with van der Waals surface area (Å²) in [6.07, 6.45) is 3.38. The molecule has 0 aliphatic carbocycles. The zero-order chi connectivity index (χ0) is 18.1. The zero-order valence-electron chi connectivity index (χ0n) is 14.4. The third kappa shape index (κ3) is 3.10. The van der Waals surface area contributed by atoms with Gasteiger partial charge in [-0.25, -0.2) is 9.69 Å². The maximum absolute atomic E-state index is 12.9.